The molecule has 0 aliphatic carbocycles. The zero-order valence-corrected chi connectivity index (χ0v) is 41.8. The van der Waals surface area contributed by atoms with Crippen molar-refractivity contribution in [3.05, 3.63) is 85.1 Å². The highest BCUT2D eigenvalue weighted by atomic mass is 16.6. The van der Waals surface area contributed by atoms with Crippen LogP contribution in [0.1, 0.15) is 245 Å². The number of hydrogen-bond acceptors (Lipinski definition) is 6. The molecule has 0 amide bonds. The van der Waals surface area contributed by atoms with Gasteiger partial charge in [-0.15, -0.1) is 0 Å². The average molecular weight is 891 g/mol. The number of allylic oxidation sites excluding steroid dienone is 14. The molecule has 0 N–H and O–H groups in total. The standard InChI is InChI=1S/C58H98O6/c1-4-7-10-13-16-19-22-23-24-25-26-27-28-29-30-31-32-33-34-35-37-39-42-45-48-51-57(60)63-54-55(53-62-56(59)50-47-44-41-38-21-18-15-12-9-6-3)64-58(61)52-49-46-43-40-36-20-17-14-11-8-5-2/h7,10,12,14-17,19,23-24,26-27,29-30,55H,4-6,8-9,11,13,18,20-22,25,28,31-54H2,1-3H3/b10-7-,15-12-,17-14-,19-16-,24-23-,27-26-,30-29-. The summed E-state index contributed by atoms with van der Waals surface area (Å²) in [7, 11) is 0. The molecule has 0 saturated heterocycles. The molecule has 0 radical (unpaired) electrons. The van der Waals surface area contributed by atoms with Crippen molar-refractivity contribution in [1.82, 2.24) is 0 Å². The molecule has 0 rings (SSSR count). The molecular formula is C58H98O6. The molecule has 0 spiro atoms. The van der Waals surface area contributed by atoms with Gasteiger partial charge in [0.05, 0.1) is 0 Å². The van der Waals surface area contributed by atoms with E-state index >= 15 is 0 Å². The van der Waals surface area contributed by atoms with E-state index in [0.29, 0.717) is 19.3 Å². The average Bonchev–Trinajstić information content (AvgIpc) is 3.29. The van der Waals surface area contributed by atoms with Crippen LogP contribution in [0.15, 0.2) is 85.1 Å². The summed E-state index contributed by atoms with van der Waals surface area (Å²) in [4.78, 5) is 37.9. The van der Waals surface area contributed by atoms with Crippen LogP contribution in [0.3, 0.4) is 0 Å². The van der Waals surface area contributed by atoms with Crippen molar-refractivity contribution in [3.63, 3.8) is 0 Å². The summed E-state index contributed by atoms with van der Waals surface area (Å²) < 4.78 is 16.7. The Hall–Kier alpha value is -3.41. The Labute approximate surface area is 395 Å². The molecule has 6 nitrogen and oxygen atoms in total. The first-order valence-corrected chi connectivity index (χ1v) is 26.6. The Bertz CT molecular complexity index is 1250. The van der Waals surface area contributed by atoms with Gasteiger partial charge >= 0.3 is 17.9 Å². The van der Waals surface area contributed by atoms with Gasteiger partial charge in [0, 0.05) is 19.3 Å². The van der Waals surface area contributed by atoms with Crippen molar-refractivity contribution in [2.75, 3.05) is 13.2 Å². The van der Waals surface area contributed by atoms with Crippen LogP contribution in [-0.2, 0) is 28.6 Å². The summed E-state index contributed by atoms with van der Waals surface area (Å²) in [6, 6.07) is 0. The van der Waals surface area contributed by atoms with Crippen molar-refractivity contribution in [2.45, 2.75) is 252 Å². The minimum atomic E-state index is -0.784. The minimum Gasteiger partial charge on any atom is -0.462 e. The monoisotopic (exact) mass is 891 g/mol. The number of unbranched alkanes of at least 4 members (excludes halogenated alkanes) is 22. The Balaban J connectivity index is 4.24. The van der Waals surface area contributed by atoms with Gasteiger partial charge in [-0.2, -0.15) is 0 Å². The van der Waals surface area contributed by atoms with E-state index in [0.717, 1.165) is 122 Å². The van der Waals surface area contributed by atoms with Crippen molar-refractivity contribution in [1.29, 1.82) is 0 Å². The summed E-state index contributed by atoms with van der Waals surface area (Å²) in [5, 5.41) is 0. The van der Waals surface area contributed by atoms with E-state index in [1.54, 1.807) is 0 Å². The topological polar surface area (TPSA) is 78.9 Å². The molecule has 0 aromatic heterocycles. The molecule has 0 aliphatic rings. The van der Waals surface area contributed by atoms with E-state index in [9.17, 15) is 14.4 Å². The third-order valence-electron chi connectivity index (χ3n) is 11.1. The Morgan fingerprint density at radius 1 is 0.328 bits per heavy atom. The summed E-state index contributed by atoms with van der Waals surface area (Å²) >= 11 is 0. The van der Waals surface area contributed by atoms with Crippen molar-refractivity contribution < 1.29 is 28.6 Å². The lowest BCUT2D eigenvalue weighted by molar-refractivity contribution is -0.167. The summed E-state index contributed by atoms with van der Waals surface area (Å²) in [6.45, 7) is 6.40. The first-order valence-electron chi connectivity index (χ1n) is 26.6. The summed E-state index contributed by atoms with van der Waals surface area (Å²) in [5.74, 6) is -0.914. The number of ether oxygens (including phenoxy) is 3. The lowest BCUT2D eigenvalue weighted by atomic mass is 10.1. The number of carbonyl (C=O) groups is 3. The van der Waals surface area contributed by atoms with Crippen LogP contribution in [0, 0.1) is 0 Å². The molecule has 1 unspecified atom stereocenters. The van der Waals surface area contributed by atoms with E-state index in [2.05, 4.69) is 106 Å². The fourth-order valence-corrected chi connectivity index (χ4v) is 7.10. The lowest BCUT2D eigenvalue weighted by Gasteiger charge is -2.18. The number of hydrogen-bond donors (Lipinski definition) is 0. The quantitative estimate of drug-likeness (QED) is 0.0262. The summed E-state index contributed by atoms with van der Waals surface area (Å²) in [6.07, 6.45) is 67.2. The van der Waals surface area contributed by atoms with Gasteiger partial charge in [0.25, 0.3) is 0 Å². The van der Waals surface area contributed by atoms with Gasteiger partial charge in [-0.25, -0.2) is 0 Å². The maximum absolute atomic E-state index is 12.7. The SMILES string of the molecule is CC/C=C\C/C=C\C/C=C\C/C=C\C/C=C\CCCCCCCCCCCC(=O)OCC(COC(=O)CCCCCCC/C=C\CCC)OC(=O)CCCCCCC/C=C\CCCC. The Kier molecular flexibility index (Phi) is 49.4. The third-order valence-corrected chi connectivity index (χ3v) is 11.1. The molecule has 64 heavy (non-hydrogen) atoms. The van der Waals surface area contributed by atoms with E-state index in [4.69, 9.17) is 14.2 Å². The second kappa shape index (κ2) is 52.2. The molecule has 1 atom stereocenters. The molecule has 0 aromatic carbocycles. The van der Waals surface area contributed by atoms with Crippen molar-refractivity contribution in [2.24, 2.45) is 0 Å². The maximum Gasteiger partial charge on any atom is 0.306 e. The van der Waals surface area contributed by atoms with E-state index in [1.807, 2.05) is 0 Å². The van der Waals surface area contributed by atoms with Gasteiger partial charge < -0.3 is 14.2 Å². The predicted octanol–water partition coefficient (Wildman–Crippen LogP) is 17.6. The molecule has 0 heterocycles. The van der Waals surface area contributed by atoms with Gasteiger partial charge in [-0.05, 0) is 103 Å². The highest BCUT2D eigenvalue weighted by Gasteiger charge is 2.19. The second-order valence-corrected chi connectivity index (χ2v) is 17.4. The van der Waals surface area contributed by atoms with E-state index in [1.165, 1.54) is 83.5 Å². The van der Waals surface area contributed by atoms with E-state index in [-0.39, 0.29) is 31.1 Å². The fourth-order valence-electron chi connectivity index (χ4n) is 7.10. The van der Waals surface area contributed by atoms with Gasteiger partial charge in [-0.1, -0.05) is 209 Å². The summed E-state index contributed by atoms with van der Waals surface area (Å²) in [5.41, 5.74) is 0. The molecule has 0 aliphatic heterocycles. The number of esters is 3. The molecule has 366 valence electrons. The number of rotatable bonds is 47. The Morgan fingerprint density at radius 3 is 1.03 bits per heavy atom. The molecule has 0 bridgehead atoms. The molecular weight excluding hydrogens is 793 g/mol. The van der Waals surface area contributed by atoms with Gasteiger partial charge in [-0.3, -0.25) is 14.4 Å². The minimum absolute atomic E-state index is 0.0859. The largest absolute Gasteiger partial charge is 0.462 e. The zero-order valence-electron chi connectivity index (χ0n) is 41.8. The third kappa shape index (κ3) is 49.6. The van der Waals surface area contributed by atoms with Crippen molar-refractivity contribution in [3.8, 4) is 0 Å². The lowest BCUT2D eigenvalue weighted by Crippen LogP contribution is -2.30. The van der Waals surface area contributed by atoms with Crippen LogP contribution in [0.2, 0.25) is 0 Å². The van der Waals surface area contributed by atoms with E-state index < -0.39 is 6.10 Å². The molecule has 6 heteroatoms. The molecule has 0 fully saturated rings. The maximum atomic E-state index is 12.7. The number of carbonyl (C=O) groups excluding carboxylic acids is 3. The van der Waals surface area contributed by atoms with Crippen LogP contribution in [0.5, 0.6) is 0 Å². The predicted molar refractivity (Wildman–Crippen MR) is 274 cm³/mol. The van der Waals surface area contributed by atoms with Gasteiger partial charge in [0.2, 0.25) is 0 Å². The van der Waals surface area contributed by atoms with Crippen LogP contribution in [-0.4, -0.2) is 37.2 Å². The van der Waals surface area contributed by atoms with Crippen LogP contribution < -0.4 is 0 Å². The fraction of sp³-hybridized carbons (Fsp3) is 0.707. The van der Waals surface area contributed by atoms with Gasteiger partial charge in [0.1, 0.15) is 13.2 Å². The smallest absolute Gasteiger partial charge is 0.306 e. The second-order valence-electron chi connectivity index (χ2n) is 17.4. The molecule has 0 saturated carbocycles. The highest BCUT2D eigenvalue weighted by Crippen LogP contribution is 2.14. The zero-order chi connectivity index (χ0) is 46.5. The normalized spacial score (nSPS) is 12.7. The van der Waals surface area contributed by atoms with Gasteiger partial charge in [0.15, 0.2) is 6.10 Å². The van der Waals surface area contributed by atoms with Crippen molar-refractivity contribution >= 4 is 17.9 Å². The van der Waals surface area contributed by atoms with Crippen LogP contribution in [0.25, 0.3) is 0 Å². The van der Waals surface area contributed by atoms with Crippen LogP contribution in [0.4, 0.5) is 0 Å². The molecule has 0 aromatic rings. The highest BCUT2D eigenvalue weighted by molar-refractivity contribution is 5.71. The first kappa shape index (κ1) is 60.6. The first-order chi connectivity index (χ1) is 31.5. The Morgan fingerprint density at radius 2 is 0.641 bits per heavy atom. The van der Waals surface area contributed by atoms with Crippen LogP contribution >= 0.6 is 0 Å².